The Morgan fingerprint density at radius 2 is 2.14 bits per heavy atom. The first-order valence-corrected chi connectivity index (χ1v) is 6.11. The summed E-state index contributed by atoms with van der Waals surface area (Å²) in [6, 6.07) is 0. The standard InChI is InChI=1S/C12H23NO/c1-14-8-2-3-12(10-4-5-10)11-6-7-13-9-11/h10-13H,2-9H2,1H3. The second kappa shape index (κ2) is 5.13. The van der Waals surface area contributed by atoms with Gasteiger partial charge in [0.2, 0.25) is 0 Å². The largest absolute Gasteiger partial charge is 0.385 e. The van der Waals surface area contributed by atoms with Gasteiger partial charge in [-0.2, -0.15) is 0 Å². The van der Waals surface area contributed by atoms with Crippen molar-refractivity contribution in [3.63, 3.8) is 0 Å². The predicted octanol–water partition coefficient (Wildman–Crippen LogP) is 2.05. The van der Waals surface area contributed by atoms with E-state index in [4.69, 9.17) is 4.74 Å². The van der Waals surface area contributed by atoms with Crippen LogP contribution in [-0.4, -0.2) is 26.8 Å². The van der Waals surface area contributed by atoms with Gasteiger partial charge in [-0.3, -0.25) is 0 Å². The van der Waals surface area contributed by atoms with Gasteiger partial charge in [-0.25, -0.2) is 0 Å². The summed E-state index contributed by atoms with van der Waals surface area (Å²) in [7, 11) is 1.81. The molecule has 2 nitrogen and oxygen atoms in total. The van der Waals surface area contributed by atoms with Crippen molar-refractivity contribution < 1.29 is 4.74 Å². The molecule has 1 saturated heterocycles. The normalized spacial score (nSPS) is 29.4. The minimum Gasteiger partial charge on any atom is -0.385 e. The summed E-state index contributed by atoms with van der Waals surface area (Å²) in [5.74, 6) is 3.04. The summed E-state index contributed by atoms with van der Waals surface area (Å²) < 4.78 is 5.14. The van der Waals surface area contributed by atoms with Crippen LogP contribution in [0.4, 0.5) is 0 Å². The molecule has 0 aromatic heterocycles. The molecule has 2 aliphatic rings. The van der Waals surface area contributed by atoms with E-state index in [1.807, 2.05) is 7.11 Å². The highest BCUT2D eigenvalue weighted by Gasteiger charge is 2.36. The van der Waals surface area contributed by atoms with Crippen molar-refractivity contribution in [2.45, 2.75) is 32.1 Å². The summed E-state index contributed by atoms with van der Waals surface area (Å²) in [5, 5.41) is 3.49. The fourth-order valence-electron chi connectivity index (χ4n) is 2.89. The van der Waals surface area contributed by atoms with Crippen molar-refractivity contribution in [2.75, 3.05) is 26.8 Å². The Bertz CT molecular complexity index is 162. The molecule has 14 heavy (non-hydrogen) atoms. The molecular formula is C12H23NO. The van der Waals surface area contributed by atoms with Gasteiger partial charge in [0.05, 0.1) is 0 Å². The summed E-state index contributed by atoms with van der Waals surface area (Å²) in [5.41, 5.74) is 0. The third kappa shape index (κ3) is 2.71. The van der Waals surface area contributed by atoms with Gasteiger partial charge in [-0.15, -0.1) is 0 Å². The molecule has 0 bridgehead atoms. The molecule has 2 fully saturated rings. The summed E-state index contributed by atoms with van der Waals surface area (Å²) >= 11 is 0. The lowest BCUT2D eigenvalue weighted by Gasteiger charge is -2.22. The molecule has 1 N–H and O–H groups in total. The smallest absolute Gasteiger partial charge is 0.0462 e. The quantitative estimate of drug-likeness (QED) is 0.658. The molecular weight excluding hydrogens is 174 g/mol. The molecule has 0 aromatic carbocycles. The van der Waals surface area contributed by atoms with Crippen molar-refractivity contribution in [3.05, 3.63) is 0 Å². The van der Waals surface area contributed by atoms with Gasteiger partial charge in [0.25, 0.3) is 0 Å². The van der Waals surface area contributed by atoms with E-state index >= 15 is 0 Å². The minimum absolute atomic E-state index is 0.948. The number of ether oxygens (including phenoxy) is 1. The first-order valence-electron chi connectivity index (χ1n) is 6.11. The molecule has 2 rings (SSSR count). The van der Waals surface area contributed by atoms with E-state index in [1.54, 1.807) is 0 Å². The lowest BCUT2D eigenvalue weighted by molar-refractivity contribution is 0.175. The van der Waals surface area contributed by atoms with E-state index < -0.39 is 0 Å². The SMILES string of the molecule is COCCCC(C1CC1)C1CCNC1. The number of hydrogen-bond donors (Lipinski definition) is 1. The molecule has 1 aliphatic heterocycles. The molecule has 0 amide bonds. The second-order valence-electron chi connectivity index (χ2n) is 4.89. The monoisotopic (exact) mass is 197 g/mol. The first kappa shape index (κ1) is 10.4. The average molecular weight is 197 g/mol. The molecule has 2 heteroatoms. The first-order chi connectivity index (χ1) is 6.92. The van der Waals surface area contributed by atoms with E-state index in [0.29, 0.717) is 0 Å². The molecule has 0 aromatic rings. The summed E-state index contributed by atoms with van der Waals surface area (Å²) in [6.07, 6.45) is 7.05. The third-order valence-corrected chi connectivity index (χ3v) is 3.82. The molecule has 0 spiro atoms. The molecule has 2 unspecified atom stereocenters. The van der Waals surface area contributed by atoms with Crippen LogP contribution in [-0.2, 0) is 4.74 Å². The highest BCUT2D eigenvalue weighted by atomic mass is 16.5. The van der Waals surface area contributed by atoms with Crippen molar-refractivity contribution in [2.24, 2.45) is 17.8 Å². The fourth-order valence-corrected chi connectivity index (χ4v) is 2.89. The van der Waals surface area contributed by atoms with Crippen LogP contribution in [0, 0.1) is 17.8 Å². The van der Waals surface area contributed by atoms with Crippen LogP contribution in [0.25, 0.3) is 0 Å². The lowest BCUT2D eigenvalue weighted by atomic mass is 9.84. The Hall–Kier alpha value is -0.0800. The number of nitrogens with one attached hydrogen (secondary N) is 1. The third-order valence-electron chi connectivity index (χ3n) is 3.82. The van der Waals surface area contributed by atoms with Crippen molar-refractivity contribution in [1.82, 2.24) is 5.32 Å². The molecule has 2 atom stereocenters. The maximum Gasteiger partial charge on any atom is 0.0462 e. The van der Waals surface area contributed by atoms with Crippen molar-refractivity contribution in [1.29, 1.82) is 0 Å². The van der Waals surface area contributed by atoms with Gasteiger partial charge in [-0.1, -0.05) is 0 Å². The number of hydrogen-bond acceptors (Lipinski definition) is 2. The zero-order valence-corrected chi connectivity index (χ0v) is 9.30. The maximum atomic E-state index is 5.14. The van der Waals surface area contributed by atoms with Crippen LogP contribution in [0.1, 0.15) is 32.1 Å². The highest BCUT2D eigenvalue weighted by Crippen LogP contribution is 2.44. The molecule has 0 radical (unpaired) electrons. The average Bonchev–Trinajstić information content (AvgIpc) is 2.88. The molecule has 1 saturated carbocycles. The maximum absolute atomic E-state index is 5.14. The van der Waals surface area contributed by atoms with Gasteiger partial charge in [0.15, 0.2) is 0 Å². The Morgan fingerprint density at radius 3 is 2.71 bits per heavy atom. The van der Waals surface area contributed by atoms with Crippen LogP contribution in [0.3, 0.4) is 0 Å². The van der Waals surface area contributed by atoms with Crippen LogP contribution in [0.15, 0.2) is 0 Å². The van der Waals surface area contributed by atoms with E-state index in [0.717, 1.165) is 24.4 Å². The zero-order valence-electron chi connectivity index (χ0n) is 9.30. The predicted molar refractivity (Wildman–Crippen MR) is 58.3 cm³/mol. The van der Waals surface area contributed by atoms with E-state index in [1.165, 1.54) is 45.2 Å². The van der Waals surface area contributed by atoms with Crippen LogP contribution in [0.5, 0.6) is 0 Å². The summed E-state index contributed by atoms with van der Waals surface area (Å²) in [6.45, 7) is 3.47. The fraction of sp³-hybridized carbons (Fsp3) is 1.00. The van der Waals surface area contributed by atoms with Gasteiger partial charge in [0, 0.05) is 13.7 Å². The zero-order chi connectivity index (χ0) is 9.80. The van der Waals surface area contributed by atoms with Gasteiger partial charge in [0.1, 0.15) is 0 Å². The summed E-state index contributed by atoms with van der Waals surface area (Å²) in [4.78, 5) is 0. The van der Waals surface area contributed by atoms with Crippen molar-refractivity contribution >= 4 is 0 Å². The van der Waals surface area contributed by atoms with Crippen LogP contribution in [0.2, 0.25) is 0 Å². The van der Waals surface area contributed by atoms with Gasteiger partial charge < -0.3 is 10.1 Å². The number of methoxy groups -OCH3 is 1. The van der Waals surface area contributed by atoms with E-state index in [2.05, 4.69) is 5.32 Å². The van der Waals surface area contributed by atoms with Crippen molar-refractivity contribution in [3.8, 4) is 0 Å². The Labute approximate surface area is 87.4 Å². The topological polar surface area (TPSA) is 21.3 Å². The van der Waals surface area contributed by atoms with Crippen LogP contribution < -0.4 is 5.32 Å². The Morgan fingerprint density at radius 1 is 1.29 bits per heavy atom. The van der Waals surface area contributed by atoms with E-state index in [-0.39, 0.29) is 0 Å². The van der Waals surface area contributed by atoms with E-state index in [9.17, 15) is 0 Å². The molecule has 82 valence electrons. The van der Waals surface area contributed by atoms with Crippen LogP contribution >= 0.6 is 0 Å². The lowest BCUT2D eigenvalue weighted by Crippen LogP contribution is -2.20. The number of rotatable bonds is 6. The highest BCUT2D eigenvalue weighted by molar-refractivity contribution is 4.88. The van der Waals surface area contributed by atoms with Gasteiger partial charge >= 0.3 is 0 Å². The second-order valence-corrected chi connectivity index (χ2v) is 4.89. The molecule has 1 heterocycles. The van der Waals surface area contributed by atoms with Gasteiger partial charge in [-0.05, 0) is 62.9 Å². The Kier molecular flexibility index (Phi) is 3.82. The molecule has 1 aliphatic carbocycles. The Balaban J connectivity index is 1.74. The minimum atomic E-state index is 0.948.